The maximum atomic E-state index is 12.5. The van der Waals surface area contributed by atoms with Crippen molar-refractivity contribution in [2.45, 2.75) is 20.1 Å². The van der Waals surface area contributed by atoms with Gasteiger partial charge in [0.2, 0.25) is 11.7 Å². The molecule has 1 N–H and O–H groups in total. The molecule has 3 aromatic carbocycles. The highest BCUT2D eigenvalue weighted by Gasteiger charge is 2.12. The molecule has 0 aliphatic carbocycles. The molecule has 1 amide bonds. The number of hydrogen-bond acceptors (Lipinski definition) is 5. The van der Waals surface area contributed by atoms with E-state index in [1.807, 2.05) is 55.5 Å². The minimum atomic E-state index is -0.265. The van der Waals surface area contributed by atoms with Crippen LogP contribution < -0.4 is 10.1 Å². The van der Waals surface area contributed by atoms with Gasteiger partial charge in [-0.1, -0.05) is 64.8 Å². The van der Waals surface area contributed by atoms with Crippen LogP contribution in [-0.4, -0.2) is 16.0 Å². The van der Waals surface area contributed by atoms with E-state index in [1.165, 1.54) is 0 Å². The Labute approximate surface area is 184 Å². The van der Waals surface area contributed by atoms with E-state index in [4.69, 9.17) is 20.9 Å². The molecule has 4 rings (SSSR count). The third-order valence-corrected chi connectivity index (χ3v) is 4.96. The first-order valence-electron chi connectivity index (χ1n) is 9.72. The van der Waals surface area contributed by atoms with Gasteiger partial charge in [-0.2, -0.15) is 4.98 Å². The lowest BCUT2D eigenvalue weighted by atomic mass is 10.1. The van der Waals surface area contributed by atoms with E-state index in [2.05, 4.69) is 15.5 Å². The fourth-order valence-corrected chi connectivity index (χ4v) is 3.18. The number of nitrogens with one attached hydrogen (secondary N) is 1. The van der Waals surface area contributed by atoms with Gasteiger partial charge in [0.15, 0.2) is 0 Å². The lowest BCUT2D eigenvalue weighted by molar-refractivity contribution is 0.0945. The average molecular weight is 434 g/mol. The molecule has 0 bridgehead atoms. The first kappa shape index (κ1) is 20.6. The van der Waals surface area contributed by atoms with Crippen LogP contribution in [0.25, 0.3) is 11.4 Å². The highest BCUT2D eigenvalue weighted by Crippen LogP contribution is 2.20. The summed E-state index contributed by atoms with van der Waals surface area (Å²) in [4.78, 5) is 16.9. The summed E-state index contributed by atoms with van der Waals surface area (Å²) in [6.45, 7) is 2.44. The predicted octanol–water partition coefficient (Wildman–Crippen LogP) is 5.21. The number of ether oxygens (including phenoxy) is 1. The summed E-state index contributed by atoms with van der Waals surface area (Å²) in [6.07, 6.45) is 0. The van der Waals surface area contributed by atoms with Crippen LogP contribution in [0.5, 0.6) is 5.75 Å². The number of nitrogens with zero attached hydrogens (tertiary/aromatic N) is 2. The fraction of sp³-hybridized carbons (Fsp3) is 0.125. The lowest BCUT2D eigenvalue weighted by Crippen LogP contribution is -2.22. The molecule has 0 aliphatic heterocycles. The highest BCUT2D eigenvalue weighted by atomic mass is 35.5. The van der Waals surface area contributed by atoms with Crippen LogP contribution in [-0.2, 0) is 13.2 Å². The number of aryl methyl sites for hydroxylation is 1. The van der Waals surface area contributed by atoms with Crippen LogP contribution in [0.3, 0.4) is 0 Å². The Morgan fingerprint density at radius 2 is 1.90 bits per heavy atom. The molecule has 7 heteroatoms. The van der Waals surface area contributed by atoms with Crippen LogP contribution in [0.15, 0.2) is 77.3 Å². The van der Waals surface area contributed by atoms with Crippen LogP contribution in [0.4, 0.5) is 0 Å². The molecule has 0 unspecified atom stereocenters. The van der Waals surface area contributed by atoms with Gasteiger partial charge in [0, 0.05) is 21.7 Å². The quantitative estimate of drug-likeness (QED) is 0.433. The molecular weight excluding hydrogens is 414 g/mol. The van der Waals surface area contributed by atoms with Crippen molar-refractivity contribution in [3.8, 4) is 17.1 Å². The van der Waals surface area contributed by atoms with Gasteiger partial charge in [-0.05, 0) is 37.3 Å². The van der Waals surface area contributed by atoms with E-state index in [1.54, 1.807) is 24.3 Å². The minimum Gasteiger partial charge on any atom is -0.489 e. The van der Waals surface area contributed by atoms with Crippen LogP contribution >= 0.6 is 11.6 Å². The summed E-state index contributed by atoms with van der Waals surface area (Å²) in [7, 11) is 0. The number of amides is 1. The standard InChI is InChI=1S/C24H20ClN3O3/c1-16-6-4-8-17(12-16)23-27-22(31-28-23)14-26-24(29)18-9-5-10-20(13-18)30-15-19-7-2-3-11-21(19)25/h2-13H,14-15H2,1H3,(H,26,29). The number of halogens is 1. The smallest absolute Gasteiger partial charge is 0.251 e. The summed E-state index contributed by atoms with van der Waals surface area (Å²) in [6, 6.07) is 22.2. The molecule has 0 fully saturated rings. The largest absolute Gasteiger partial charge is 0.489 e. The van der Waals surface area contributed by atoms with Crippen molar-refractivity contribution in [1.82, 2.24) is 15.5 Å². The van der Waals surface area contributed by atoms with Crippen LogP contribution in [0.2, 0.25) is 5.02 Å². The predicted molar refractivity (Wildman–Crippen MR) is 118 cm³/mol. The second-order valence-electron chi connectivity index (χ2n) is 6.97. The Hall–Kier alpha value is -3.64. The highest BCUT2D eigenvalue weighted by molar-refractivity contribution is 6.31. The molecule has 1 heterocycles. The maximum absolute atomic E-state index is 12.5. The second-order valence-corrected chi connectivity index (χ2v) is 7.38. The topological polar surface area (TPSA) is 77.2 Å². The summed E-state index contributed by atoms with van der Waals surface area (Å²) < 4.78 is 11.0. The van der Waals surface area contributed by atoms with Gasteiger partial charge in [0.05, 0.1) is 6.54 Å². The minimum absolute atomic E-state index is 0.127. The SMILES string of the molecule is Cc1cccc(-c2noc(CNC(=O)c3cccc(OCc4ccccc4Cl)c3)n2)c1. The third kappa shape index (κ3) is 5.29. The zero-order chi connectivity index (χ0) is 21.6. The molecule has 1 aromatic heterocycles. The molecule has 6 nitrogen and oxygen atoms in total. The molecule has 4 aromatic rings. The Morgan fingerprint density at radius 3 is 2.74 bits per heavy atom. The average Bonchev–Trinajstić information content (AvgIpc) is 3.26. The lowest BCUT2D eigenvalue weighted by Gasteiger charge is -2.09. The first-order valence-corrected chi connectivity index (χ1v) is 10.1. The van der Waals surface area contributed by atoms with Crippen molar-refractivity contribution in [2.24, 2.45) is 0 Å². The Balaban J connectivity index is 1.36. The maximum Gasteiger partial charge on any atom is 0.251 e. The number of benzene rings is 3. The summed E-state index contributed by atoms with van der Waals surface area (Å²) in [5.74, 6) is 1.13. The number of carbonyl (C=O) groups excluding carboxylic acids is 1. The van der Waals surface area contributed by atoms with Crippen molar-refractivity contribution in [1.29, 1.82) is 0 Å². The molecule has 0 radical (unpaired) electrons. The third-order valence-electron chi connectivity index (χ3n) is 4.59. The molecule has 0 spiro atoms. The zero-order valence-electron chi connectivity index (χ0n) is 16.8. The monoisotopic (exact) mass is 433 g/mol. The first-order chi connectivity index (χ1) is 15.1. The summed E-state index contributed by atoms with van der Waals surface area (Å²) in [5.41, 5.74) is 3.31. The van der Waals surface area contributed by atoms with Crippen LogP contribution in [0.1, 0.15) is 27.4 Å². The van der Waals surface area contributed by atoms with Gasteiger partial charge >= 0.3 is 0 Å². The van der Waals surface area contributed by atoms with E-state index in [9.17, 15) is 4.79 Å². The van der Waals surface area contributed by atoms with E-state index in [-0.39, 0.29) is 12.5 Å². The van der Waals surface area contributed by atoms with Gasteiger partial charge in [-0.25, -0.2) is 0 Å². The molecule has 0 saturated heterocycles. The molecule has 31 heavy (non-hydrogen) atoms. The van der Waals surface area contributed by atoms with E-state index >= 15 is 0 Å². The van der Waals surface area contributed by atoms with Crippen molar-refractivity contribution in [2.75, 3.05) is 0 Å². The molecule has 0 saturated carbocycles. The van der Waals surface area contributed by atoms with Crippen LogP contribution in [0, 0.1) is 6.92 Å². The van der Waals surface area contributed by atoms with Crippen molar-refractivity contribution < 1.29 is 14.1 Å². The second kappa shape index (κ2) is 9.45. The summed E-state index contributed by atoms with van der Waals surface area (Å²) in [5, 5.41) is 7.41. The van der Waals surface area contributed by atoms with Gasteiger partial charge in [0.1, 0.15) is 12.4 Å². The normalized spacial score (nSPS) is 10.6. The van der Waals surface area contributed by atoms with Gasteiger partial charge in [0.25, 0.3) is 5.91 Å². The number of hydrogen-bond donors (Lipinski definition) is 1. The van der Waals surface area contributed by atoms with E-state index < -0.39 is 0 Å². The number of carbonyl (C=O) groups is 1. The Bertz CT molecular complexity index is 1210. The molecule has 156 valence electrons. The fourth-order valence-electron chi connectivity index (χ4n) is 2.99. The van der Waals surface area contributed by atoms with Crippen molar-refractivity contribution in [3.63, 3.8) is 0 Å². The van der Waals surface area contributed by atoms with Gasteiger partial charge < -0.3 is 14.6 Å². The number of rotatable bonds is 7. The zero-order valence-corrected chi connectivity index (χ0v) is 17.6. The van der Waals surface area contributed by atoms with Crippen molar-refractivity contribution in [3.05, 3.63) is 100 Å². The van der Waals surface area contributed by atoms with E-state index in [0.29, 0.717) is 34.7 Å². The molecule has 0 aliphatic rings. The van der Waals surface area contributed by atoms with E-state index in [0.717, 1.165) is 16.7 Å². The Kier molecular flexibility index (Phi) is 6.29. The van der Waals surface area contributed by atoms with Gasteiger partial charge in [-0.3, -0.25) is 4.79 Å². The van der Waals surface area contributed by atoms with Crippen molar-refractivity contribution >= 4 is 17.5 Å². The number of aromatic nitrogens is 2. The van der Waals surface area contributed by atoms with Gasteiger partial charge in [-0.15, -0.1) is 0 Å². The molecular formula is C24H20ClN3O3. The molecule has 0 atom stereocenters. The summed E-state index contributed by atoms with van der Waals surface area (Å²) >= 11 is 6.16. The Morgan fingerprint density at radius 1 is 1.06 bits per heavy atom.